The summed E-state index contributed by atoms with van der Waals surface area (Å²) >= 11 is 0. The summed E-state index contributed by atoms with van der Waals surface area (Å²) in [6.07, 6.45) is -0.255. The van der Waals surface area contributed by atoms with Gasteiger partial charge in [0.25, 0.3) is 0 Å². The Morgan fingerprint density at radius 1 is 1.58 bits per heavy atom. The Morgan fingerprint density at radius 3 is 2.79 bits per heavy atom. The molecular weight excluding hydrogens is 247 g/mol. The van der Waals surface area contributed by atoms with Gasteiger partial charge in [0.2, 0.25) is 5.91 Å². The molecule has 1 amide bonds. The molecule has 2 rings (SSSR count). The summed E-state index contributed by atoms with van der Waals surface area (Å²) in [6.45, 7) is 4.43. The zero-order valence-corrected chi connectivity index (χ0v) is 11.2. The third kappa shape index (κ3) is 2.42. The van der Waals surface area contributed by atoms with Crippen molar-refractivity contribution in [1.29, 1.82) is 0 Å². The Morgan fingerprint density at radius 2 is 2.26 bits per heavy atom. The lowest BCUT2D eigenvalue weighted by Crippen LogP contribution is -2.37. The number of rotatable bonds is 3. The molecule has 1 saturated heterocycles. The Hall–Kier alpha value is -1.62. The Bertz CT molecular complexity index is 504. The molecule has 4 nitrogen and oxygen atoms in total. The Balaban J connectivity index is 2.35. The monoisotopic (exact) mass is 266 g/mol. The quantitative estimate of drug-likeness (QED) is 0.873. The van der Waals surface area contributed by atoms with Gasteiger partial charge in [-0.2, -0.15) is 0 Å². The first-order chi connectivity index (χ1) is 8.85. The van der Waals surface area contributed by atoms with Crippen LogP contribution in [0, 0.1) is 11.2 Å². The van der Waals surface area contributed by atoms with Gasteiger partial charge in [-0.25, -0.2) is 4.39 Å². The van der Waals surface area contributed by atoms with E-state index in [0.29, 0.717) is 25.2 Å². The SMILES string of the molecule is C[C@@H](O)c1c(F)cccc1N1CCC(C)(C(N)=O)C1. The van der Waals surface area contributed by atoms with Gasteiger partial charge in [0.05, 0.1) is 11.5 Å². The van der Waals surface area contributed by atoms with E-state index in [2.05, 4.69) is 0 Å². The third-order valence-corrected chi connectivity index (χ3v) is 3.86. The first-order valence-corrected chi connectivity index (χ1v) is 6.36. The molecule has 1 heterocycles. The summed E-state index contributed by atoms with van der Waals surface area (Å²) in [5.74, 6) is -0.773. The third-order valence-electron chi connectivity index (χ3n) is 3.86. The Labute approximate surface area is 112 Å². The second-order valence-corrected chi connectivity index (χ2v) is 5.45. The van der Waals surface area contributed by atoms with Gasteiger partial charge in [-0.15, -0.1) is 0 Å². The number of aliphatic hydroxyl groups excluding tert-OH is 1. The first-order valence-electron chi connectivity index (χ1n) is 6.36. The van der Waals surface area contributed by atoms with Gasteiger partial charge in [0.1, 0.15) is 5.82 Å². The summed E-state index contributed by atoms with van der Waals surface area (Å²) in [6, 6.07) is 4.70. The number of carbonyl (C=O) groups excluding carboxylic acids is 1. The van der Waals surface area contributed by atoms with E-state index in [4.69, 9.17) is 5.73 Å². The Kier molecular flexibility index (Phi) is 3.49. The van der Waals surface area contributed by atoms with Gasteiger partial charge < -0.3 is 15.7 Å². The molecule has 0 aliphatic carbocycles. The number of carbonyl (C=O) groups is 1. The van der Waals surface area contributed by atoms with E-state index in [1.807, 2.05) is 11.8 Å². The van der Waals surface area contributed by atoms with Crippen LogP contribution in [0.15, 0.2) is 18.2 Å². The van der Waals surface area contributed by atoms with E-state index in [1.165, 1.54) is 13.0 Å². The van der Waals surface area contributed by atoms with E-state index in [1.54, 1.807) is 12.1 Å². The fraction of sp³-hybridized carbons (Fsp3) is 0.500. The van der Waals surface area contributed by atoms with Gasteiger partial charge >= 0.3 is 0 Å². The van der Waals surface area contributed by atoms with Crippen LogP contribution in [0.5, 0.6) is 0 Å². The fourth-order valence-corrected chi connectivity index (χ4v) is 2.58. The fourth-order valence-electron chi connectivity index (χ4n) is 2.58. The number of aliphatic hydroxyl groups is 1. The molecule has 3 N–H and O–H groups in total. The van der Waals surface area contributed by atoms with E-state index < -0.39 is 17.3 Å². The number of nitrogens with zero attached hydrogens (tertiary/aromatic N) is 1. The van der Waals surface area contributed by atoms with Gasteiger partial charge in [-0.1, -0.05) is 6.07 Å². The largest absolute Gasteiger partial charge is 0.389 e. The zero-order valence-electron chi connectivity index (χ0n) is 11.2. The minimum Gasteiger partial charge on any atom is -0.389 e. The number of halogens is 1. The standard InChI is InChI=1S/C14H19FN2O2/c1-9(18)12-10(15)4-3-5-11(12)17-7-6-14(2,8-17)13(16)19/h3-5,9,18H,6-8H2,1-2H3,(H2,16,19)/t9-,14?/m1/s1. The summed E-state index contributed by atoms with van der Waals surface area (Å²) in [5.41, 5.74) is 5.73. The molecule has 1 fully saturated rings. The summed E-state index contributed by atoms with van der Waals surface area (Å²) < 4.78 is 13.8. The molecule has 5 heteroatoms. The lowest BCUT2D eigenvalue weighted by atomic mass is 9.89. The van der Waals surface area contributed by atoms with Crippen molar-refractivity contribution in [3.8, 4) is 0 Å². The molecule has 104 valence electrons. The van der Waals surface area contributed by atoms with Gasteiger partial charge in [-0.05, 0) is 32.4 Å². The molecule has 0 saturated carbocycles. The predicted octanol–water partition coefficient (Wildman–Crippen LogP) is 1.58. The highest BCUT2D eigenvalue weighted by Crippen LogP contribution is 2.36. The number of hydrogen-bond acceptors (Lipinski definition) is 3. The lowest BCUT2D eigenvalue weighted by Gasteiger charge is -2.25. The van der Waals surface area contributed by atoms with Crippen molar-refractivity contribution >= 4 is 11.6 Å². The van der Waals surface area contributed by atoms with Crippen molar-refractivity contribution in [2.75, 3.05) is 18.0 Å². The van der Waals surface area contributed by atoms with Crippen LogP contribution < -0.4 is 10.6 Å². The maximum Gasteiger partial charge on any atom is 0.225 e. The van der Waals surface area contributed by atoms with Crippen molar-refractivity contribution in [3.63, 3.8) is 0 Å². The maximum absolute atomic E-state index is 13.8. The molecule has 1 aliphatic heterocycles. The molecule has 1 aromatic rings. The van der Waals surface area contributed by atoms with Crippen LogP contribution in [0.2, 0.25) is 0 Å². The van der Waals surface area contributed by atoms with Crippen LogP contribution in [-0.4, -0.2) is 24.1 Å². The molecule has 1 aromatic carbocycles. The summed E-state index contributed by atoms with van der Waals surface area (Å²) in [5, 5.41) is 9.73. The number of anilines is 1. The molecule has 0 aromatic heterocycles. The topological polar surface area (TPSA) is 66.6 Å². The van der Waals surface area contributed by atoms with Gasteiger partial charge in [-0.3, -0.25) is 4.79 Å². The molecule has 1 unspecified atom stereocenters. The van der Waals surface area contributed by atoms with E-state index in [9.17, 15) is 14.3 Å². The minimum absolute atomic E-state index is 0.274. The van der Waals surface area contributed by atoms with Crippen LogP contribution in [0.3, 0.4) is 0 Å². The van der Waals surface area contributed by atoms with Crippen molar-refractivity contribution in [1.82, 2.24) is 0 Å². The number of amides is 1. The van der Waals surface area contributed by atoms with Crippen LogP contribution in [0.4, 0.5) is 10.1 Å². The van der Waals surface area contributed by atoms with Crippen LogP contribution >= 0.6 is 0 Å². The number of nitrogens with two attached hydrogens (primary N) is 1. The lowest BCUT2D eigenvalue weighted by molar-refractivity contribution is -0.125. The maximum atomic E-state index is 13.8. The van der Waals surface area contributed by atoms with Crippen LogP contribution in [0.25, 0.3) is 0 Å². The predicted molar refractivity (Wildman–Crippen MR) is 71.2 cm³/mol. The average Bonchev–Trinajstić information content (AvgIpc) is 2.72. The second kappa shape index (κ2) is 4.81. The van der Waals surface area contributed by atoms with Gasteiger partial charge in [0, 0.05) is 24.3 Å². The van der Waals surface area contributed by atoms with Gasteiger partial charge in [0.15, 0.2) is 0 Å². The van der Waals surface area contributed by atoms with E-state index in [0.717, 1.165) is 0 Å². The molecule has 0 bridgehead atoms. The molecule has 1 aliphatic rings. The average molecular weight is 266 g/mol. The first kappa shape index (κ1) is 13.8. The second-order valence-electron chi connectivity index (χ2n) is 5.45. The summed E-state index contributed by atoms with van der Waals surface area (Å²) in [4.78, 5) is 13.4. The molecule has 0 radical (unpaired) electrons. The number of benzene rings is 1. The molecule has 19 heavy (non-hydrogen) atoms. The highest BCUT2D eigenvalue weighted by Gasteiger charge is 2.39. The molecule has 0 spiro atoms. The van der Waals surface area contributed by atoms with Crippen molar-refractivity contribution in [2.24, 2.45) is 11.1 Å². The van der Waals surface area contributed by atoms with Crippen LogP contribution in [-0.2, 0) is 4.79 Å². The van der Waals surface area contributed by atoms with Crippen molar-refractivity contribution < 1.29 is 14.3 Å². The smallest absolute Gasteiger partial charge is 0.225 e. The van der Waals surface area contributed by atoms with E-state index >= 15 is 0 Å². The minimum atomic E-state index is -0.892. The highest BCUT2D eigenvalue weighted by molar-refractivity contribution is 5.82. The van der Waals surface area contributed by atoms with Crippen molar-refractivity contribution in [3.05, 3.63) is 29.6 Å². The number of primary amides is 1. The number of hydrogen-bond donors (Lipinski definition) is 2. The summed E-state index contributed by atoms with van der Waals surface area (Å²) in [7, 11) is 0. The highest BCUT2D eigenvalue weighted by atomic mass is 19.1. The van der Waals surface area contributed by atoms with E-state index in [-0.39, 0.29) is 11.5 Å². The van der Waals surface area contributed by atoms with Crippen molar-refractivity contribution in [2.45, 2.75) is 26.4 Å². The molecular formula is C14H19FN2O2. The normalized spacial score (nSPS) is 24.5. The van der Waals surface area contributed by atoms with Crippen LogP contribution in [0.1, 0.15) is 31.9 Å². The molecule has 2 atom stereocenters. The zero-order chi connectivity index (χ0) is 14.2.